The van der Waals surface area contributed by atoms with Gasteiger partial charge in [0.05, 0.1) is 13.7 Å². The van der Waals surface area contributed by atoms with E-state index in [4.69, 9.17) is 31.8 Å². The van der Waals surface area contributed by atoms with E-state index in [9.17, 15) is 0 Å². The van der Waals surface area contributed by atoms with Crippen molar-refractivity contribution in [2.45, 2.75) is 32.1 Å². The molecule has 1 aliphatic rings. The van der Waals surface area contributed by atoms with E-state index in [1.165, 1.54) is 0 Å². The van der Waals surface area contributed by atoms with Crippen LogP contribution in [0, 0.1) is 0 Å². The van der Waals surface area contributed by atoms with Crippen LogP contribution in [0.4, 0.5) is 0 Å². The van der Waals surface area contributed by atoms with E-state index in [0.717, 1.165) is 37.2 Å². The molecule has 0 aromatic heterocycles. The van der Waals surface area contributed by atoms with E-state index in [1.54, 1.807) is 7.11 Å². The minimum absolute atomic E-state index is 0. The smallest absolute Gasteiger partial charge is 0.191 e. The first-order valence-corrected chi connectivity index (χ1v) is 8.90. The third-order valence-electron chi connectivity index (χ3n) is 4.81. The van der Waals surface area contributed by atoms with Crippen molar-refractivity contribution in [3.8, 4) is 5.75 Å². The number of ether oxygens (including phenoxy) is 2. The summed E-state index contributed by atoms with van der Waals surface area (Å²) in [4.78, 5) is 6.77. The molecule has 0 aliphatic carbocycles. The van der Waals surface area contributed by atoms with Gasteiger partial charge in [0.25, 0.3) is 0 Å². The summed E-state index contributed by atoms with van der Waals surface area (Å²) in [6.07, 6.45) is 1.75. The van der Waals surface area contributed by atoms with Crippen LogP contribution in [-0.2, 0) is 10.2 Å². The molecule has 7 heteroatoms. The van der Waals surface area contributed by atoms with E-state index in [1.807, 2.05) is 18.2 Å². The van der Waals surface area contributed by atoms with Crippen molar-refractivity contribution in [3.63, 3.8) is 0 Å². The van der Waals surface area contributed by atoms with Crippen LogP contribution in [0.15, 0.2) is 23.2 Å². The van der Waals surface area contributed by atoms with Gasteiger partial charge in [-0.25, -0.2) is 0 Å². The van der Waals surface area contributed by atoms with Crippen molar-refractivity contribution < 1.29 is 9.47 Å². The Labute approximate surface area is 172 Å². The van der Waals surface area contributed by atoms with Gasteiger partial charge in [0.15, 0.2) is 5.96 Å². The minimum Gasteiger partial charge on any atom is -0.496 e. The fourth-order valence-electron chi connectivity index (χ4n) is 3.25. The Morgan fingerprint density at radius 1 is 1.32 bits per heavy atom. The zero-order valence-electron chi connectivity index (χ0n) is 15.3. The Kier molecular flexibility index (Phi) is 9.30. The number of benzene rings is 1. The van der Waals surface area contributed by atoms with Crippen molar-refractivity contribution in [2.75, 3.05) is 40.0 Å². The lowest BCUT2D eigenvalue weighted by molar-refractivity contribution is 0.0522. The molecule has 0 radical (unpaired) electrons. The van der Waals surface area contributed by atoms with Gasteiger partial charge in [-0.1, -0.05) is 11.6 Å². The first-order chi connectivity index (χ1) is 11.6. The molecule has 5 nitrogen and oxygen atoms in total. The van der Waals surface area contributed by atoms with Crippen molar-refractivity contribution in [1.29, 1.82) is 0 Å². The number of hydrogen-bond donors (Lipinski definition) is 1. The standard InChI is InChI=1S/C18H28ClN3O2.HI/c1-4-22(5-2)17(20)21-13-18(8-10-24-11-9-18)15-12-14(19)6-7-16(15)23-3;/h6-7,12H,4-5,8-11,13H2,1-3H3,(H2,20,21);1H. The molecule has 1 fully saturated rings. The van der Waals surface area contributed by atoms with Crippen molar-refractivity contribution in [1.82, 2.24) is 4.90 Å². The molecule has 0 spiro atoms. The normalized spacial score (nSPS) is 16.9. The topological polar surface area (TPSA) is 60.1 Å². The molecule has 1 aromatic carbocycles. The van der Waals surface area contributed by atoms with Gasteiger partial charge < -0.3 is 20.1 Å². The average Bonchev–Trinajstić information content (AvgIpc) is 2.62. The summed E-state index contributed by atoms with van der Waals surface area (Å²) in [7, 11) is 1.69. The highest BCUT2D eigenvalue weighted by atomic mass is 127. The number of guanidine groups is 1. The summed E-state index contributed by atoms with van der Waals surface area (Å²) in [6.45, 7) is 7.87. The first-order valence-electron chi connectivity index (χ1n) is 8.53. The lowest BCUT2D eigenvalue weighted by Crippen LogP contribution is -2.41. The highest BCUT2D eigenvalue weighted by Gasteiger charge is 2.37. The summed E-state index contributed by atoms with van der Waals surface area (Å²) in [5.41, 5.74) is 7.11. The molecule has 2 N–H and O–H groups in total. The molecule has 0 amide bonds. The largest absolute Gasteiger partial charge is 0.496 e. The van der Waals surface area contributed by atoms with Crippen LogP contribution in [0.1, 0.15) is 32.3 Å². The molecule has 0 saturated carbocycles. The van der Waals surface area contributed by atoms with E-state index in [-0.39, 0.29) is 29.4 Å². The van der Waals surface area contributed by atoms with E-state index in [0.29, 0.717) is 30.7 Å². The molecule has 0 atom stereocenters. The van der Waals surface area contributed by atoms with Gasteiger partial charge >= 0.3 is 0 Å². The number of methoxy groups -OCH3 is 1. The second-order valence-electron chi connectivity index (χ2n) is 6.08. The van der Waals surface area contributed by atoms with Crippen LogP contribution in [-0.4, -0.2) is 50.8 Å². The zero-order chi connectivity index (χ0) is 17.6. The molecule has 25 heavy (non-hydrogen) atoms. The van der Waals surface area contributed by atoms with Crippen LogP contribution >= 0.6 is 35.6 Å². The highest BCUT2D eigenvalue weighted by molar-refractivity contribution is 14.0. The summed E-state index contributed by atoms with van der Waals surface area (Å²) < 4.78 is 11.2. The lowest BCUT2D eigenvalue weighted by atomic mass is 9.73. The molecule has 0 bridgehead atoms. The number of nitrogens with two attached hydrogens (primary N) is 1. The SMILES string of the molecule is CCN(CC)C(N)=NCC1(c2cc(Cl)ccc2OC)CCOCC1.I. The number of nitrogens with zero attached hydrogens (tertiary/aromatic N) is 2. The average molecular weight is 482 g/mol. The fourth-order valence-corrected chi connectivity index (χ4v) is 3.42. The van der Waals surface area contributed by atoms with Crippen LogP contribution in [0.25, 0.3) is 0 Å². The number of hydrogen-bond acceptors (Lipinski definition) is 3. The van der Waals surface area contributed by atoms with E-state index >= 15 is 0 Å². The maximum absolute atomic E-state index is 6.26. The lowest BCUT2D eigenvalue weighted by Gasteiger charge is -2.37. The summed E-state index contributed by atoms with van der Waals surface area (Å²) in [5, 5.41) is 0.706. The van der Waals surface area contributed by atoms with Crippen molar-refractivity contribution in [2.24, 2.45) is 10.7 Å². The number of halogens is 2. The number of rotatable bonds is 6. The zero-order valence-corrected chi connectivity index (χ0v) is 18.3. The summed E-state index contributed by atoms with van der Waals surface area (Å²) in [5.74, 6) is 1.43. The molecule has 1 aliphatic heterocycles. The molecular formula is C18H29ClIN3O2. The summed E-state index contributed by atoms with van der Waals surface area (Å²) in [6, 6.07) is 5.77. The van der Waals surface area contributed by atoms with Crippen LogP contribution in [0.2, 0.25) is 5.02 Å². The molecule has 1 aromatic rings. The summed E-state index contributed by atoms with van der Waals surface area (Å²) >= 11 is 6.26. The van der Waals surface area contributed by atoms with Crippen LogP contribution in [0.3, 0.4) is 0 Å². The van der Waals surface area contributed by atoms with Gasteiger partial charge in [-0.15, -0.1) is 24.0 Å². The molecule has 0 unspecified atom stereocenters. The van der Waals surface area contributed by atoms with Gasteiger partial charge in [-0.2, -0.15) is 0 Å². The third-order valence-corrected chi connectivity index (χ3v) is 5.05. The van der Waals surface area contributed by atoms with Gasteiger partial charge in [0.1, 0.15) is 5.75 Å². The Morgan fingerprint density at radius 2 is 1.96 bits per heavy atom. The number of aliphatic imine (C=N–C) groups is 1. The predicted molar refractivity (Wildman–Crippen MR) is 115 cm³/mol. The van der Waals surface area contributed by atoms with Crippen LogP contribution < -0.4 is 10.5 Å². The van der Waals surface area contributed by atoms with Gasteiger partial charge in [-0.05, 0) is 44.9 Å². The third kappa shape index (κ3) is 5.37. The quantitative estimate of drug-likeness (QED) is 0.383. The Bertz CT molecular complexity index is 573. The predicted octanol–water partition coefficient (Wildman–Crippen LogP) is 3.67. The molecule has 1 heterocycles. The minimum atomic E-state index is -0.160. The van der Waals surface area contributed by atoms with E-state index in [2.05, 4.69) is 18.7 Å². The van der Waals surface area contributed by atoms with Crippen LogP contribution in [0.5, 0.6) is 5.75 Å². The van der Waals surface area contributed by atoms with Crippen molar-refractivity contribution in [3.05, 3.63) is 28.8 Å². The molecule has 1 saturated heterocycles. The fraction of sp³-hybridized carbons (Fsp3) is 0.611. The van der Waals surface area contributed by atoms with Crippen molar-refractivity contribution >= 4 is 41.5 Å². The first kappa shape index (κ1) is 22.3. The Balaban J connectivity index is 0.00000312. The van der Waals surface area contributed by atoms with Gasteiger partial charge in [-0.3, -0.25) is 4.99 Å². The highest BCUT2D eigenvalue weighted by Crippen LogP contribution is 2.41. The Hall–Kier alpha value is -0.730. The monoisotopic (exact) mass is 481 g/mol. The molecular weight excluding hydrogens is 453 g/mol. The van der Waals surface area contributed by atoms with Gasteiger partial charge in [0.2, 0.25) is 0 Å². The van der Waals surface area contributed by atoms with Gasteiger partial charge in [0, 0.05) is 42.3 Å². The molecule has 2 rings (SSSR count). The maximum atomic E-state index is 6.26. The Morgan fingerprint density at radius 3 is 2.52 bits per heavy atom. The molecule has 142 valence electrons. The van der Waals surface area contributed by atoms with E-state index < -0.39 is 0 Å². The maximum Gasteiger partial charge on any atom is 0.191 e. The second-order valence-corrected chi connectivity index (χ2v) is 6.52. The second kappa shape index (κ2) is 10.4.